The van der Waals surface area contributed by atoms with Crippen molar-refractivity contribution < 1.29 is 19.7 Å². The van der Waals surface area contributed by atoms with Crippen LogP contribution in [0.4, 0.5) is 5.69 Å². The summed E-state index contributed by atoms with van der Waals surface area (Å²) in [5, 5.41) is 24.6. The molecule has 2 aromatic carbocycles. The van der Waals surface area contributed by atoms with E-state index in [4.69, 9.17) is 4.74 Å². The molecule has 6 nitrogen and oxygen atoms in total. The molecule has 0 saturated heterocycles. The highest BCUT2D eigenvalue weighted by Gasteiger charge is 2.01. The zero-order valence-corrected chi connectivity index (χ0v) is 13.6. The van der Waals surface area contributed by atoms with Crippen LogP contribution in [0.15, 0.2) is 42.5 Å². The second-order valence-corrected chi connectivity index (χ2v) is 5.38. The fourth-order valence-electron chi connectivity index (χ4n) is 2.16. The van der Waals surface area contributed by atoms with Crippen LogP contribution >= 0.6 is 0 Å². The van der Waals surface area contributed by atoms with E-state index < -0.39 is 0 Å². The van der Waals surface area contributed by atoms with Crippen LogP contribution in [0.5, 0.6) is 17.2 Å². The first kappa shape index (κ1) is 17.6. The molecule has 0 unspecified atom stereocenters. The fourth-order valence-corrected chi connectivity index (χ4v) is 2.16. The van der Waals surface area contributed by atoms with Crippen LogP contribution in [-0.2, 0) is 11.2 Å². The van der Waals surface area contributed by atoms with Gasteiger partial charge in [-0.3, -0.25) is 4.79 Å². The van der Waals surface area contributed by atoms with Crippen LogP contribution in [0.1, 0.15) is 12.5 Å². The summed E-state index contributed by atoms with van der Waals surface area (Å²) in [5.41, 5.74) is 1.69. The number of carbonyl (C=O) groups excluding carboxylic acids is 1. The lowest BCUT2D eigenvalue weighted by molar-refractivity contribution is -0.114. The van der Waals surface area contributed by atoms with Crippen LogP contribution < -0.4 is 15.4 Å². The number of benzene rings is 2. The number of amides is 1. The third-order valence-corrected chi connectivity index (χ3v) is 3.35. The van der Waals surface area contributed by atoms with Crippen molar-refractivity contribution in [1.82, 2.24) is 5.32 Å². The van der Waals surface area contributed by atoms with Crippen LogP contribution in [-0.4, -0.2) is 35.8 Å². The highest BCUT2D eigenvalue weighted by atomic mass is 16.5. The first-order valence-electron chi connectivity index (χ1n) is 7.76. The van der Waals surface area contributed by atoms with E-state index in [1.165, 1.54) is 13.0 Å². The Kier molecular flexibility index (Phi) is 6.45. The number of phenolic OH excluding ortho intramolecular Hbond substituents is 2. The molecule has 0 heterocycles. The first-order valence-corrected chi connectivity index (χ1v) is 7.76. The van der Waals surface area contributed by atoms with Crippen molar-refractivity contribution in [2.24, 2.45) is 0 Å². The summed E-state index contributed by atoms with van der Waals surface area (Å²) < 4.78 is 5.60. The molecule has 128 valence electrons. The van der Waals surface area contributed by atoms with Crippen LogP contribution in [0.3, 0.4) is 0 Å². The third-order valence-electron chi connectivity index (χ3n) is 3.35. The Labute approximate surface area is 141 Å². The van der Waals surface area contributed by atoms with Crippen molar-refractivity contribution in [3.63, 3.8) is 0 Å². The summed E-state index contributed by atoms with van der Waals surface area (Å²) in [6.45, 7) is 3.43. The minimum absolute atomic E-state index is 0.0986. The molecule has 0 saturated carbocycles. The summed E-state index contributed by atoms with van der Waals surface area (Å²) in [7, 11) is 0. The first-order chi connectivity index (χ1) is 11.5. The predicted molar refractivity (Wildman–Crippen MR) is 92.6 cm³/mol. The Hall–Kier alpha value is -2.73. The molecule has 2 aromatic rings. The minimum Gasteiger partial charge on any atom is -0.504 e. The lowest BCUT2D eigenvalue weighted by atomic mass is 10.1. The van der Waals surface area contributed by atoms with Crippen molar-refractivity contribution >= 4 is 11.6 Å². The predicted octanol–water partition coefficient (Wildman–Crippen LogP) is 2.27. The molecule has 0 bridgehead atoms. The maximum Gasteiger partial charge on any atom is 0.221 e. The van der Waals surface area contributed by atoms with E-state index in [0.717, 1.165) is 30.0 Å². The molecular formula is C18H22N2O4. The Morgan fingerprint density at radius 3 is 2.46 bits per heavy atom. The number of carbonyl (C=O) groups is 1. The Morgan fingerprint density at radius 1 is 1.04 bits per heavy atom. The van der Waals surface area contributed by atoms with Gasteiger partial charge >= 0.3 is 0 Å². The van der Waals surface area contributed by atoms with Gasteiger partial charge in [-0.2, -0.15) is 0 Å². The van der Waals surface area contributed by atoms with Crippen molar-refractivity contribution in [2.75, 3.05) is 25.0 Å². The molecule has 1 amide bonds. The molecule has 24 heavy (non-hydrogen) atoms. The summed E-state index contributed by atoms with van der Waals surface area (Å²) in [4.78, 5) is 10.9. The molecule has 4 N–H and O–H groups in total. The topological polar surface area (TPSA) is 90.8 Å². The number of rotatable bonds is 8. The van der Waals surface area contributed by atoms with Gasteiger partial charge in [0.2, 0.25) is 5.91 Å². The summed E-state index contributed by atoms with van der Waals surface area (Å²) in [6, 6.07) is 12.0. The Morgan fingerprint density at radius 2 is 1.79 bits per heavy atom. The SMILES string of the molecule is CC(=O)Nc1ccc(OCCNCCc2ccc(O)c(O)c2)cc1. The number of hydrogen-bond acceptors (Lipinski definition) is 5. The van der Waals surface area contributed by atoms with Crippen LogP contribution in [0.2, 0.25) is 0 Å². The van der Waals surface area contributed by atoms with Crippen molar-refractivity contribution in [3.8, 4) is 17.2 Å². The van der Waals surface area contributed by atoms with Gasteiger partial charge in [0.25, 0.3) is 0 Å². The lowest BCUT2D eigenvalue weighted by Gasteiger charge is -2.09. The smallest absolute Gasteiger partial charge is 0.221 e. The number of phenols is 2. The van der Waals surface area contributed by atoms with Gasteiger partial charge in [0.15, 0.2) is 11.5 Å². The number of hydrogen-bond donors (Lipinski definition) is 4. The summed E-state index contributed by atoms with van der Waals surface area (Å²) in [5.74, 6) is 0.437. The Balaban J connectivity index is 1.62. The average Bonchev–Trinajstić information content (AvgIpc) is 2.55. The monoisotopic (exact) mass is 330 g/mol. The zero-order chi connectivity index (χ0) is 17.4. The lowest BCUT2D eigenvalue weighted by Crippen LogP contribution is -2.23. The van der Waals surface area contributed by atoms with Gasteiger partial charge in [0.05, 0.1) is 0 Å². The largest absolute Gasteiger partial charge is 0.504 e. The van der Waals surface area contributed by atoms with E-state index in [1.54, 1.807) is 24.3 Å². The number of nitrogens with one attached hydrogen (secondary N) is 2. The van der Waals surface area contributed by atoms with E-state index in [2.05, 4.69) is 10.6 Å². The van der Waals surface area contributed by atoms with E-state index in [9.17, 15) is 15.0 Å². The quantitative estimate of drug-likeness (QED) is 0.440. The van der Waals surface area contributed by atoms with Crippen molar-refractivity contribution in [2.45, 2.75) is 13.3 Å². The number of anilines is 1. The molecule has 6 heteroatoms. The Bertz CT molecular complexity index is 671. The molecule has 0 atom stereocenters. The fraction of sp³-hybridized carbons (Fsp3) is 0.278. The molecule has 0 aliphatic rings. The second-order valence-electron chi connectivity index (χ2n) is 5.38. The molecule has 0 aliphatic carbocycles. The normalized spacial score (nSPS) is 10.4. The van der Waals surface area contributed by atoms with E-state index >= 15 is 0 Å². The van der Waals surface area contributed by atoms with Gasteiger partial charge in [-0.05, 0) is 54.9 Å². The van der Waals surface area contributed by atoms with Gasteiger partial charge in [-0.1, -0.05) is 6.07 Å². The van der Waals surface area contributed by atoms with Gasteiger partial charge in [-0.15, -0.1) is 0 Å². The molecule has 0 spiro atoms. The zero-order valence-electron chi connectivity index (χ0n) is 13.6. The second kappa shape index (κ2) is 8.79. The van der Waals surface area contributed by atoms with Gasteiger partial charge in [0.1, 0.15) is 12.4 Å². The van der Waals surface area contributed by atoms with Gasteiger partial charge < -0.3 is 25.6 Å². The maximum atomic E-state index is 10.9. The molecular weight excluding hydrogens is 308 g/mol. The molecule has 0 aromatic heterocycles. The minimum atomic E-state index is -0.107. The van der Waals surface area contributed by atoms with E-state index in [1.807, 2.05) is 12.1 Å². The van der Waals surface area contributed by atoms with E-state index in [-0.39, 0.29) is 17.4 Å². The molecule has 2 rings (SSSR count). The van der Waals surface area contributed by atoms with Gasteiger partial charge in [0, 0.05) is 19.2 Å². The van der Waals surface area contributed by atoms with Crippen molar-refractivity contribution in [1.29, 1.82) is 0 Å². The maximum absolute atomic E-state index is 10.9. The molecule has 0 aliphatic heterocycles. The average molecular weight is 330 g/mol. The molecule has 0 radical (unpaired) electrons. The van der Waals surface area contributed by atoms with Gasteiger partial charge in [-0.25, -0.2) is 0 Å². The number of ether oxygens (including phenoxy) is 1. The third kappa shape index (κ3) is 5.81. The summed E-state index contributed by atoms with van der Waals surface area (Å²) in [6.07, 6.45) is 0.749. The molecule has 0 fully saturated rings. The standard InChI is InChI=1S/C18H22N2O4/c1-13(21)20-15-3-5-16(6-4-15)24-11-10-19-9-8-14-2-7-17(22)18(23)12-14/h2-7,12,19,22-23H,8-11H2,1H3,(H,20,21). The highest BCUT2D eigenvalue weighted by Crippen LogP contribution is 2.24. The van der Waals surface area contributed by atoms with E-state index in [0.29, 0.717) is 13.2 Å². The highest BCUT2D eigenvalue weighted by molar-refractivity contribution is 5.88. The number of aromatic hydroxyl groups is 2. The summed E-state index contributed by atoms with van der Waals surface area (Å²) >= 11 is 0. The van der Waals surface area contributed by atoms with Crippen LogP contribution in [0, 0.1) is 0 Å². The van der Waals surface area contributed by atoms with Crippen LogP contribution in [0.25, 0.3) is 0 Å². The van der Waals surface area contributed by atoms with Crippen molar-refractivity contribution in [3.05, 3.63) is 48.0 Å².